The highest BCUT2D eigenvalue weighted by Gasteiger charge is 2.37. The van der Waals surface area contributed by atoms with Crippen molar-refractivity contribution in [2.24, 2.45) is 5.73 Å². The van der Waals surface area contributed by atoms with Crippen molar-refractivity contribution in [2.45, 2.75) is 37.7 Å². The lowest BCUT2D eigenvalue weighted by Gasteiger charge is -2.36. The van der Waals surface area contributed by atoms with Crippen molar-refractivity contribution in [3.63, 3.8) is 0 Å². The largest absolute Gasteiger partial charge is 0.419 e. The number of aromatic nitrogens is 4. The lowest BCUT2D eigenvalue weighted by Crippen LogP contribution is -2.43. The van der Waals surface area contributed by atoms with E-state index in [1.807, 2.05) is 0 Å². The molecule has 0 saturated carbocycles. The molecular formula is C25H27F5N8O. The fraction of sp³-hybridized carbons (Fsp3) is 0.440. The number of hydrogen-bond donors (Lipinski definition) is 2. The van der Waals surface area contributed by atoms with Crippen molar-refractivity contribution in [3.8, 4) is 11.3 Å². The fourth-order valence-corrected chi connectivity index (χ4v) is 5.05. The Kier molecular flexibility index (Phi) is 7.14. The Morgan fingerprint density at radius 1 is 1.13 bits per heavy atom. The number of piperidine rings is 1. The van der Waals surface area contributed by atoms with Gasteiger partial charge in [0.15, 0.2) is 0 Å². The number of carbonyl (C=O) groups is 1. The third-order valence-corrected chi connectivity index (χ3v) is 7.26. The molecule has 14 heteroatoms. The number of hydrogen-bond acceptors (Lipinski definition) is 7. The van der Waals surface area contributed by atoms with Gasteiger partial charge in [0, 0.05) is 31.4 Å². The second-order valence-electron chi connectivity index (χ2n) is 9.74. The third-order valence-electron chi connectivity index (χ3n) is 7.26. The molecule has 3 aromatic rings. The van der Waals surface area contributed by atoms with E-state index >= 15 is 4.39 Å². The van der Waals surface area contributed by atoms with Crippen molar-refractivity contribution in [1.29, 1.82) is 0 Å². The van der Waals surface area contributed by atoms with Crippen molar-refractivity contribution >= 4 is 17.5 Å². The Morgan fingerprint density at radius 2 is 1.90 bits per heavy atom. The van der Waals surface area contributed by atoms with Gasteiger partial charge in [0.2, 0.25) is 0 Å². The number of primary amides is 1. The van der Waals surface area contributed by atoms with E-state index in [2.05, 4.69) is 19.9 Å². The molecule has 0 aliphatic carbocycles. The van der Waals surface area contributed by atoms with E-state index in [-0.39, 0.29) is 41.4 Å². The molecule has 2 atom stereocenters. The molecule has 9 nitrogen and oxygen atoms in total. The van der Waals surface area contributed by atoms with Crippen LogP contribution in [0.4, 0.5) is 33.6 Å². The minimum atomic E-state index is -4.87. The lowest BCUT2D eigenvalue weighted by molar-refractivity contribution is -0.139. The minimum absolute atomic E-state index is 0.0849. The summed E-state index contributed by atoms with van der Waals surface area (Å²) in [7, 11) is 0. The Bertz CT molecular complexity index is 1370. The highest BCUT2D eigenvalue weighted by Crippen LogP contribution is 2.37. The highest BCUT2D eigenvalue weighted by atomic mass is 19.4. The first kappa shape index (κ1) is 26.8. The van der Waals surface area contributed by atoms with Gasteiger partial charge in [-0.15, -0.1) is 0 Å². The number of nitrogen functional groups attached to an aromatic ring is 1. The molecular weight excluding hydrogens is 523 g/mol. The summed E-state index contributed by atoms with van der Waals surface area (Å²) in [6.45, 7) is 3.20. The Labute approximate surface area is 220 Å². The standard InChI is InChI=1S/C25H27F5N8O/c26-17-3-2-14(10-16(17)25(28,29)30)19-12-38(9-8-36-5-1-6-36)23(35-19)15-4-7-37(11-18(15)27)24-20(22(32)39)21(31)33-13-34-24/h2-3,10,12-13,15,18H,1,4-9,11H2,(H2,32,39)(H2,31,33,34)/t15-,18+/m0/s1. The van der Waals surface area contributed by atoms with E-state index in [9.17, 15) is 22.4 Å². The topological polar surface area (TPSA) is 119 Å². The van der Waals surface area contributed by atoms with E-state index in [4.69, 9.17) is 11.5 Å². The van der Waals surface area contributed by atoms with Gasteiger partial charge in [-0.1, -0.05) is 0 Å². The molecule has 4 N–H and O–H groups in total. The van der Waals surface area contributed by atoms with Gasteiger partial charge in [-0.25, -0.2) is 23.7 Å². The zero-order valence-electron chi connectivity index (χ0n) is 20.8. The van der Waals surface area contributed by atoms with Crippen LogP contribution in [0.3, 0.4) is 0 Å². The van der Waals surface area contributed by atoms with Crippen LogP contribution in [0.15, 0.2) is 30.7 Å². The summed E-state index contributed by atoms with van der Waals surface area (Å²) >= 11 is 0. The zero-order valence-corrected chi connectivity index (χ0v) is 20.8. The molecule has 2 aliphatic rings. The maximum atomic E-state index is 15.7. The first-order valence-corrected chi connectivity index (χ1v) is 12.5. The first-order chi connectivity index (χ1) is 18.5. The van der Waals surface area contributed by atoms with Gasteiger partial charge in [0.1, 0.15) is 41.3 Å². The van der Waals surface area contributed by atoms with Crippen molar-refractivity contribution in [1.82, 2.24) is 24.4 Å². The van der Waals surface area contributed by atoms with Crippen LogP contribution in [0.2, 0.25) is 0 Å². The summed E-state index contributed by atoms with van der Waals surface area (Å²) in [4.78, 5) is 28.2. The summed E-state index contributed by atoms with van der Waals surface area (Å²) in [5.74, 6) is -2.44. The van der Waals surface area contributed by atoms with Crippen LogP contribution in [0.1, 0.15) is 40.5 Å². The molecule has 2 aliphatic heterocycles. The van der Waals surface area contributed by atoms with E-state index in [0.717, 1.165) is 31.6 Å². The number of nitrogens with zero attached hydrogens (tertiary/aromatic N) is 6. The Morgan fingerprint density at radius 3 is 2.54 bits per heavy atom. The van der Waals surface area contributed by atoms with Gasteiger partial charge in [-0.2, -0.15) is 13.2 Å². The lowest BCUT2D eigenvalue weighted by atomic mass is 9.93. The van der Waals surface area contributed by atoms with Crippen LogP contribution in [-0.4, -0.2) is 69.2 Å². The maximum absolute atomic E-state index is 15.7. The molecule has 0 unspecified atom stereocenters. The molecule has 39 heavy (non-hydrogen) atoms. The Hall–Kier alpha value is -3.81. The molecule has 0 spiro atoms. The number of imidazole rings is 1. The monoisotopic (exact) mass is 550 g/mol. The second kappa shape index (κ2) is 10.4. The quantitative estimate of drug-likeness (QED) is 0.434. The van der Waals surface area contributed by atoms with Crippen LogP contribution in [-0.2, 0) is 12.7 Å². The fourth-order valence-electron chi connectivity index (χ4n) is 5.05. The second-order valence-corrected chi connectivity index (χ2v) is 9.74. The SMILES string of the molecule is NC(=O)c1c(N)ncnc1N1CC[C@H](c2nc(-c3ccc(F)c(C(F)(F)F)c3)cn2CCN2CCC2)[C@H](F)C1. The maximum Gasteiger partial charge on any atom is 0.419 e. The summed E-state index contributed by atoms with van der Waals surface area (Å²) in [5.41, 5.74) is 10.1. The number of alkyl halides is 4. The predicted octanol–water partition coefficient (Wildman–Crippen LogP) is 3.22. The molecule has 0 radical (unpaired) electrons. The molecule has 1 amide bonds. The minimum Gasteiger partial charge on any atom is -0.383 e. The van der Waals surface area contributed by atoms with Crippen molar-refractivity contribution in [2.75, 3.05) is 43.4 Å². The molecule has 208 valence electrons. The van der Waals surface area contributed by atoms with Gasteiger partial charge in [-0.3, -0.25) is 4.79 Å². The van der Waals surface area contributed by atoms with Crippen LogP contribution in [0.5, 0.6) is 0 Å². The van der Waals surface area contributed by atoms with Gasteiger partial charge in [0.25, 0.3) is 5.91 Å². The summed E-state index contributed by atoms with van der Waals surface area (Å²) in [6, 6.07) is 2.72. The summed E-state index contributed by atoms with van der Waals surface area (Å²) in [5, 5.41) is 0. The number of likely N-dealkylation sites (tertiary alicyclic amines) is 1. The van der Waals surface area contributed by atoms with Gasteiger partial charge < -0.3 is 25.8 Å². The number of nitrogens with two attached hydrogens (primary N) is 2. The van der Waals surface area contributed by atoms with Gasteiger partial charge >= 0.3 is 6.18 Å². The average Bonchev–Trinajstić information content (AvgIpc) is 3.26. The number of halogens is 5. The smallest absolute Gasteiger partial charge is 0.383 e. The normalized spacial score (nSPS) is 20.2. The van der Waals surface area contributed by atoms with Crippen LogP contribution < -0.4 is 16.4 Å². The first-order valence-electron chi connectivity index (χ1n) is 12.5. The summed E-state index contributed by atoms with van der Waals surface area (Å²) < 4.78 is 71.4. The van der Waals surface area contributed by atoms with Crippen molar-refractivity contribution < 1.29 is 26.7 Å². The molecule has 4 heterocycles. The predicted molar refractivity (Wildman–Crippen MR) is 133 cm³/mol. The Balaban J connectivity index is 1.45. The van der Waals surface area contributed by atoms with E-state index < -0.39 is 35.6 Å². The molecule has 1 aromatic carbocycles. The van der Waals surface area contributed by atoms with Crippen molar-refractivity contribution in [3.05, 3.63) is 53.5 Å². The average molecular weight is 551 g/mol. The van der Waals surface area contributed by atoms with E-state index in [0.29, 0.717) is 25.5 Å². The van der Waals surface area contributed by atoms with Crippen LogP contribution in [0, 0.1) is 5.82 Å². The van der Waals surface area contributed by atoms with E-state index in [1.165, 1.54) is 12.4 Å². The van der Waals surface area contributed by atoms with E-state index in [1.54, 1.807) is 15.7 Å². The number of carbonyl (C=O) groups excluding carboxylic acids is 1. The van der Waals surface area contributed by atoms with Crippen LogP contribution >= 0.6 is 0 Å². The number of amides is 1. The number of anilines is 2. The molecule has 2 saturated heterocycles. The highest BCUT2D eigenvalue weighted by molar-refractivity contribution is 6.01. The zero-order chi connectivity index (χ0) is 27.9. The third kappa shape index (κ3) is 5.37. The number of benzene rings is 1. The molecule has 2 aromatic heterocycles. The van der Waals surface area contributed by atoms with Gasteiger partial charge in [0.05, 0.1) is 23.7 Å². The summed E-state index contributed by atoms with van der Waals surface area (Å²) in [6.07, 6.45) is -2.19. The van der Waals surface area contributed by atoms with Gasteiger partial charge in [-0.05, 0) is 44.1 Å². The van der Waals surface area contributed by atoms with Crippen LogP contribution in [0.25, 0.3) is 11.3 Å². The molecule has 5 rings (SSSR count). The molecule has 2 fully saturated rings. The molecule has 0 bridgehead atoms. The number of rotatable bonds is 7.